The molecule has 1 heterocycles. The average Bonchev–Trinajstić information content (AvgIpc) is 3.02. The molecule has 2 aromatic carbocycles. The Morgan fingerprint density at radius 1 is 1.03 bits per heavy atom. The number of para-hydroxylation sites is 2. The van der Waals surface area contributed by atoms with Crippen LogP contribution in [0.2, 0.25) is 0 Å². The van der Waals surface area contributed by atoms with Crippen molar-refractivity contribution in [2.75, 3.05) is 11.9 Å². The lowest BCUT2D eigenvalue weighted by atomic mass is 10.1. The molecule has 0 radical (unpaired) electrons. The van der Waals surface area contributed by atoms with E-state index in [1.54, 1.807) is 0 Å². The molecular weight excluding hydrogens is 364 g/mol. The van der Waals surface area contributed by atoms with Gasteiger partial charge in [0.05, 0.1) is 11.0 Å². The van der Waals surface area contributed by atoms with Gasteiger partial charge in [0.1, 0.15) is 12.4 Å². The summed E-state index contributed by atoms with van der Waals surface area (Å²) in [5, 5.41) is 5.89. The number of amides is 2. The molecule has 0 bridgehead atoms. The molecule has 0 aliphatic heterocycles. The highest BCUT2D eigenvalue weighted by atomic mass is 16.2. The third-order valence-corrected chi connectivity index (χ3v) is 4.97. The maximum Gasteiger partial charge on any atom is 0.244 e. The molecule has 6 heteroatoms. The summed E-state index contributed by atoms with van der Waals surface area (Å²) < 4.78 is 1.93. The number of carbonyl (C=O) groups excluding carboxylic acids is 2. The number of nitrogens with zero attached hydrogens (tertiary/aromatic N) is 2. The van der Waals surface area contributed by atoms with Crippen LogP contribution >= 0.6 is 0 Å². The molecule has 0 unspecified atom stereocenters. The summed E-state index contributed by atoms with van der Waals surface area (Å²) in [7, 11) is 0. The van der Waals surface area contributed by atoms with E-state index in [2.05, 4.69) is 15.6 Å². The van der Waals surface area contributed by atoms with E-state index in [0.29, 0.717) is 19.4 Å². The Morgan fingerprint density at radius 3 is 2.59 bits per heavy atom. The Morgan fingerprint density at radius 2 is 1.83 bits per heavy atom. The van der Waals surface area contributed by atoms with Crippen LogP contribution in [0.3, 0.4) is 0 Å². The fraction of sp³-hybridized carbons (Fsp3) is 0.348. The van der Waals surface area contributed by atoms with Gasteiger partial charge in [-0.1, -0.05) is 25.1 Å². The molecule has 0 atom stereocenters. The monoisotopic (exact) mass is 392 g/mol. The van der Waals surface area contributed by atoms with Gasteiger partial charge >= 0.3 is 0 Å². The van der Waals surface area contributed by atoms with Crippen LogP contribution in [0.4, 0.5) is 5.69 Å². The lowest BCUT2D eigenvalue weighted by Gasteiger charge is -2.11. The van der Waals surface area contributed by atoms with E-state index < -0.39 is 0 Å². The van der Waals surface area contributed by atoms with Crippen molar-refractivity contribution in [1.29, 1.82) is 0 Å². The minimum absolute atomic E-state index is 0.0441. The number of fused-ring (bicyclic) bond motifs is 1. The summed E-state index contributed by atoms with van der Waals surface area (Å²) in [6.07, 6.45) is 1.92. The van der Waals surface area contributed by atoms with Crippen molar-refractivity contribution in [3.63, 3.8) is 0 Å². The van der Waals surface area contributed by atoms with Crippen molar-refractivity contribution in [1.82, 2.24) is 14.9 Å². The second kappa shape index (κ2) is 9.37. The summed E-state index contributed by atoms with van der Waals surface area (Å²) >= 11 is 0. The third-order valence-electron chi connectivity index (χ3n) is 4.97. The Balaban J connectivity index is 1.75. The van der Waals surface area contributed by atoms with Crippen molar-refractivity contribution in [2.45, 2.75) is 46.6 Å². The SMILES string of the molecule is CCCC(=O)NCCc1nc2ccccc2n1CC(=O)Nc1ccc(C)c(C)c1. The van der Waals surface area contributed by atoms with Gasteiger partial charge in [0.25, 0.3) is 0 Å². The molecule has 0 fully saturated rings. The fourth-order valence-electron chi connectivity index (χ4n) is 3.29. The zero-order valence-electron chi connectivity index (χ0n) is 17.3. The summed E-state index contributed by atoms with van der Waals surface area (Å²) in [4.78, 5) is 29.1. The zero-order valence-corrected chi connectivity index (χ0v) is 17.3. The molecule has 152 valence electrons. The molecule has 6 nitrogen and oxygen atoms in total. The maximum absolute atomic E-state index is 12.7. The number of anilines is 1. The number of aryl methyl sites for hydroxylation is 2. The van der Waals surface area contributed by atoms with Gasteiger partial charge in [0.15, 0.2) is 0 Å². The number of rotatable bonds is 8. The fourth-order valence-corrected chi connectivity index (χ4v) is 3.29. The maximum atomic E-state index is 12.7. The van der Waals surface area contributed by atoms with Crippen molar-refractivity contribution in [3.05, 3.63) is 59.4 Å². The Kier molecular flexibility index (Phi) is 6.65. The van der Waals surface area contributed by atoms with Gasteiger partial charge in [-0.15, -0.1) is 0 Å². The first kappa shape index (κ1) is 20.6. The van der Waals surface area contributed by atoms with E-state index in [1.807, 2.05) is 67.8 Å². The van der Waals surface area contributed by atoms with Gasteiger partial charge in [0, 0.05) is 25.1 Å². The van der Waals surface area contributed by atoms with Crippen LogP contribution < -0.4 is 10.6 Å². The van der Waals surface area contributed by atoms with E-state index in [-0.39, 0.29) is 18.4 Å². The minimum atomic E-state index is -0.104. The van der Waals surface area contributed by atoms with Gasteiger partial charge in [-0.2, -0.15) is 0 Å². The molecule has 0 saturated heterocycles. The van der Waals surface area contributed by atoms with Gasteiger partial charge in [-0.25, -0.2) is 4.98 Å². The van der Waals surface area contributed by atoms with Crippen molar-refractivity contribution in [2.24, 2.45) is 0 Å². The number of hydrogen-bond acceptors (Lipinski definition) is 3. The molecule has 2 N–H and O–H groups in total. The Hall–Kier alpha value is -3.15. The first-order chi connectivity index (χ1) is 14.0. The molecule has 0 saturated carbocycles. The minimum Gasteiger partial charge on any atom is -0.356 e. The second-order valence-electron chi connectivity index (χ2n) is 7.30. The Labute approximate surface area is 171 Å². The van der Waals surface area contributed by atoms with Crippen LogP contribution in [0.15, 0.2) is 42.5 Å². The van der Waals surface area contributed by atoms with Crippen LogP contribution in [-0.2, 0) is 22.6 Å². The molecular formula is C23H28N4O2. The number of carbonyl (C=O) groups is 2. The van der Waals surface area contributed by atoms with Crippen LogP contribution in [-0.4, -0.2) is 27.9 Å². The van der Waals surface area contributed by atoms with Gasteiger partial charge in [-0.3, -0.25) is 9.59 Å². The first-order valence-electron chi connectivity index (χ1n) is 10.1. The van der Waals surface area contributed by atoms with Crippen molar-refractivity contribution >= 4 is 28.5 Å². The standard InChI is InChI=1S/C23H28N4O2/c1-4-7-22(28)24-13-12-21-26-19-8-5-6-9-20(19)27(21)15-23(29)25-18-11-10-16(2)17(3)14-18/h5-6,8-11,14H,4,7,12-13,15H2,1-3H3,(H,24,28)(H,25,29). The number of nitrogens with one attached hydrogen (secondary N) is 2. The summed E-state index contributed by atoms with van der Waals surface area (Å²) in [6.45, 7) is 6.73. The average molecular weight is 393 g/mol. The predicted molar refractivity (Wildman–Crippen MR) is 116 cm³/mol. The van der Waals surface area contributed by atoms with Crippen LogP contribution in [0.25, 0.3) is 11.0 Å². The molecule has 2 amide bonds. The smallest absolute Gasteiger partial charge is 0.244 e. The second-order valence-corrected chi connectivity index (χ2v) is 7.30. The molecule has 0 spiro atoms. The first-order valence-corrected chi connectivity index (χ1v) is 10.1. The number of hydrogen-bond donors (Lipinski definition) is 2. The Bertz CT molecular complexity index is 1020. The lowest BCUT2D eigenvalue weighted by Crippen LogP contribution is -2.27. The topological polar surface area (TPSA) is 76.0 Å². The molecule has 1 aromatic heterocycles. The molecule has 3 rings (SSSR count). The van der Waals surface area contributed by atoms with Gasteiger partial charge in [-0.05, 0) is 55.7 Å². The summed E-state index contributed by atoms with van der Waals surface area (Å²) in [6, 6.07) is 13.7. The normalized spacial score (nSPS) is 10.9. The highest BCUT2D eigenvalue weighted by molar-refractivity contribution is 5.92. The van der Waals surface area contributed by atoms with Gasteiger partial charge < -0.3 is 15.2 Å². The molecule has 29 heavy (non-hydrogen) atoms. The summed E-state index contributed by atoms with van der Waals surface area (Å²) in [5.74, 6) is 0.730. The van der Waals surface area contributed by atoms with E-state index in [9.17, 15) is 9.59 Å². The van der Waals surface area contributed by atoms with E-state index in [1.165, 1.54) is 5.56 Å². The lowest BCUT2D eigenvalue weighted by molar-refractivity contribution is -0.121. The quantitative estimate of drug-likeness (QED) is 0.613. The third kappa shape index (κ3) is 5.22. The molecule has 0 aliphatic carbocycles. The van der Waals surface area contributed by atoms with Crippen LogP contribution in [0.1, 0.15) is 36.7 Å². The predicted octanol–water partition coefficient (Wildman–Crippen LogP) is 3.75. The largest absolute Gasteiger partial charge is 0.356 e. The highest BCUT2D eigenvalue weighted by Gasteiger charge is 2.14. The van der Waals surface area contributed by atoms with Gasteiger partial charge in [0.2, 0.25) is 11.8 Å². The van der Waals surface area contributed by atoms with E-state index >= 15 is 0 Å². The highest BCUT2D eigenvalue weighted by Crippen LogP contribution is 2.18. The van der Waals surface area contributed by atoms with Crippen LogP contribution in [0, 0.1) is 13.8 Å². The zero-order chi connectivity index (χ0) is 20.8. The molecule has 0 aliphatic rings. The van der Waals surface area contributed by atoms with E-state index in [4.69, 9.17) is 0 Å². The van der Waals surface area contributed by atoms with Crippen molar-refractivity contribution < 1.29 is 9.59 Å². The van der Waals surface area contributed by atoms with Crippen molar-refractivity contribution in [3.8, 4) is 0 Å². The van der Waals surface area contributed by atoms with E-state index in [0.717, 1.165) is 34.5 Å². The van der Waals surface area contributed by atoms with Crippen LogP contribution in [0.5, 0.6) is 0 Å². The molecule has 3 aromatic rings. The number of benzene rings is 2. The summed E-state index contributed by atoms with van der Waals surface area (Å²) in [5.41, 5.74) is 4.88. The number of imidazole rings is 1. The number of aromatic nitrogens is 2.